The predicted octanol–water partition coefficient (Wildman–Crippen LogP) is 1.97. The van der Waals surface area contributed by atoms with Gasteiger partial charge in [0.15, 0.2) is 6.61 Å². The number of sulfonamides is 1. The predicted molar refractivity (Wildman–Crippen MR) is 112 cm³/mol. The molecule has 1 aromatic heterocycles. The first-order chi connectivity index (χ1) is 14.7. The Hall–Kier alpha value is -2.69. The van der Waals surface area contributed by atoms with Crippen LogP contribution < -0.4 is 5.32 Å². The highest BCUT2D eigenvalue weighted by Gasteiger charge is 2.29. The van der Waals surface area contributed by atoms with Crippen molar-refractivity contribution in [1.82, 2.24) is 14.2 Å². The van der Waals surface area contributed by atoms with Crippen LogP contribution in [-0.2, 0) is 26.6 Å². The van der Waals surface area contributed by atoms with Crippen LogP contribution in [0, 0.1) is 0 Å². The van der Waals surface area contributed by atoms with Crippen molar-refractivity contribution < 1.29 is 27.5 Å². The largest absolute Gasteiger partial charge is 0.452 e. The van der Waals surface area contributed by atoms with Crippen molar-refractivity contribution in [2.24, 2.45) is 7.05 Å². The van der Waals surface area contributed by atoms with E-state index < -0.39 is 34.4 Å². The number of carbonyl (C=O) groups is 3. The number of ether oxygens (including phenoxy) is 1. The van der Waals surface area contributed by atoms with Crippen molar-refractivity contribution in [3.8, 4) is 0 Å². The molecule has 2 aromatic rings. The molecule has 0 saturated carbocycles. The summed E-state index contributed by atoms with van der Waals surface area (Å²) in [6.07, 6.45) is 4.13. The molecule has 1 N–H and O–H groups in total. The van der Waals surface area contributed by atoms with Gasteiger partial charge < -0.3 is 9.30 Å². The van der Waals surface area contributed by atoms with Gasteiger partial charge in [-0.3, -0.25) is 14.9 Å². The van der Waals surface area contributed by atoms with Gasteiger partial charge in [0.25, 0.3) is 11.8 Å². The monoisotopic (exact) mass is 467 g/mol. The summed E-state index contributed by atoms with van der Waals surface area (Å²) in [4.78, 5) is 36.1. The van der Waals surface area contributed by atoms with Crippen molar-refractivity contribution in [3.63, 3.8) is 0 Å². The normalized spacial score (nSPS) is 14.8. The molecule has 3 rings (SSSR count). The zero-order chi connectivity index (χ0) is 22.6. The van der Waals surface area contributed by atoms with Crippen molar-refractivity contribution >= 4 is 39.4 Å². The van der Waals surface area contributed by atoms with Gasteiger partial charge in [-0.2, -0.15) is 4.31 Å². The molecule has 0 atom stereocenters. The van der Waals surface area contributed by atoms with E-state index in [1.54, 1.807) is 19.3 Å². The molecule has 0 bridgehead atoms. The maximum absolute atomic E-state index is 12.9. The second-order valence-electron chi connectivity index (χ2n) is 7.07. The summed E-state index contributed by atoms with van der Waals surface area (Å²) in [6, 6.07) is 6.94. The maximum Gasteiger partial charge on any atom is 0.338 e. The molecule has 9 nitrogen and oxygen atoms in total. The van der Waals surface area contributed by atoms with Crippen molar-refractivity contribution in [3.05, 3.63) is 52.8 Å². The lowest BCUT2D eigenvalue weighted by molar-refractivity contribution is -0.123. The maximum atomic E-state index is 12.9. The van der Waals surface area contributed by atoms with Gasteiger partial charge in [-0.15, -0.1) is 0 Å². The van der Waals surface area contributed by atoms with Gasteiger partial charge in [0.05, 0.1) is 10.6 Å². The van der Waals surface area contributed by atoms with E-state index in [9.17, 15) is 22.8 Å². The Morgan fingerprint density at radius 3 is 2.48 bits per heavy atom. The number of piperidine rings is 1. The fourth-order valence-electron chi connectivity index (χ4n) is 3.21. The molecular weight excluding hydrogens is 446 g/mol. The molecule has 1 aliphatic heterocycles. The Kier molecular flexibility index (Phi) is 7.14. The van der Waals surface area contributed by atoms with E-state index >= 15 is 0 Å². The van der Waals surface area contributed by atoms with Crippen LogP contribution in [0.1, 0.15) is 40.1 Å². The van der Waals surface area contributed by atoms with Crippen LogP contribution in [0.15, 0.2) is 41.4 Å². The zero-order valence-corrected chi connectivity index (χ0v) is 18.4. The molecule has 1 aromatic carbocycles. The smallest absolute Gasteiger partial charge is 0.338 e. The standard InChI is InChI=1S/C20H22ClN3O6S/c1-23-9-5-6-16(23)19(26)22-18(25)13-30-20(27)14-7-8-15(21)17(12-14)31(28,29)24-10-3-2-4-11-24/h5-9,12H,2-4,10-11,13H2,1H3,(H,22,25,26). The highest BCUT2D eigenvalue weighted by Crippen LogP contribution is 2.28. The first kappa shape index (κ1) is 23.0. The van der Waals surface area contributed by atoms with Gasteiger partial charge in [0, 0.05) is 26.3 Å². The minimum absolute atomic E-state index is 0.00645. The SMILES string of the molecule is Cn1cccc1C(=O)NC(=O)COC(=O)c1ccc(Cl)c(S(=O)(=O)N2CCCCC2)c1. The molecule has 0 spiro atoms. The molecule has 166 valence electrons. The number of nitrogens with zero attached hydrogens (tertiary/aromatic N) is 2. The fourth-order valence-corrected chi connectivity index (χ4v) is 5.23. The topological polar surface area (TPSA) is 115 Å². The van der Waals surface area contributed by atoms with Crippen LogP contribution in [0.5, 0.6) is 0 Å². The zero-order valence-electron chi connectivity index (χ0n) is 16.8. The van der Waals surface area contributed by atoms with Crippen LogP contribution in [0.3, 0.4) is 0 Å². The summed E-state index contributed by atoms with van der Waals surface area (Å²) in [7, 11) is -2.21. The van der Waals surface area contributed by atoms with Gasteiger partial charge in [0.1, 0.15) is 10.6 Å². The number of benzene rings is 1. The van der Waals surface area contributed by atoms with Crippen LogP contribution in [0.2, 0.25) is 5.02 Å². The average Bonchev–Trinajstić information content (AvgIpc) is 3.19. The van der Waals surface area contributed by atoms with E-state index in [2.05, 4.69) is 5.32 Å². The number of hydrogen-bond acceptors (Lipinski definition) is 6. The molecule has 2 heterocycles. The molecule has 2 amide bonds. The van der Waals surface area contributed by atoms with E-state index in [4.69, 9.17) is 16.3 Å². The first-order valence-corrected chi connectivity index (χ1v) is 11.4. The summed E-state index contributed by atoms with van der Waals surface area (Å²) >= 11 is 6.09. The number of nitrogens with one attached hydrogen (secondary N) is 1. The van der Waals surface area contributed by atoms with Crippen molar-refractivity contribution in [2.75, 3.05) is 19.7 Å². The second-order valence-corrected chi connectivity index (χ2v) is 9.38. The van der Waals surface area contributed by atoms with E-state index in [0.29, 0.717) is 13.1 Å². The minimum atomic E-state index is -3.86. The summed E-state index contributed by atoms with van der Waals surface area (Å²) in [5.74, 6) is -2.35. The molecule has 11 heteroatoms. The molecular formula is C20H22ClN3O6S. The molecule has 1 fully saturated rings. The van der Waals surface area contributed by atoms with Gasteiger partial charge in [0.2, 0.25) is 10.0 Å². The highest BCUT2D eigenvalue weighted by atomic mass is 35.5. The van der Waals surface area contributed by atoms with Gasteiger partial charge in [-0.25, -0.2) is 13.2 Å². The third-order valence-corrected chi connectivity index (χ3v) is 7.24. The van der Waals surface area contributed by atoms with E-state index in [0.717, 1.165) is 25.3 Å². The lowest BCUT2D eigenvalue weighted by Crippen LogP contribution is -2.36. The van der Waals surface area contributed by atoms with Gasteiger partial charge in [-0.1, -0.05) is 18.0 Å². The number of halogens is 1. The van der Waals surface area contributed by atoms with Crippen molar-refractivity contribution in [2.45, 2.75) is 24.2 Å². The molecule has 1 aliphatic rings. The third kappa shape index (κ3) is 5.33. The fraction of sp³-hybridized carbons (Fsp3) is 0.350. The Morgan fingerprint density at radius 2 is 1.84 bits per heavy atom. The number of aromatic nitrogens is 1. The van der Waals surface area contributed by atoms with E-state index in [1.165, 1.54) is 27.1 Å². The molecule has 1 saturated heterocycles. The second kappa shape index (κ2) is 9.63. The summed E-state index contributed by atoms with van der Waals surface area (Å²) in [5, 5.41) is 2.11. The van der Waals surface area contributed by atoms with Crippen LogP contribution in [0.25, 0.3) is 0 Å². The Morgan fingerprint density at radius 1 is 1.13 bits per heavy atom. The highest BCUT2D eigenvalue weighted by molar-refractivity contribution is 7.89. The number of aryl methyl sites for hydroxylation is 1. The Labute approximate surface area is 185 Å². The Balaban J connectivity index is 1.65. The molecule has 0 unspecified atom stereocenters. The summed E-state index contributed by atoms with van der Waals surface area (Å²) < 4.78 is 33.6. The summed E-state index contributed by atoms with van der Waals surface area (Å²) in [6.45, 7) is 0.0805. The third-order valence-electron chi connectivity index (χ3n) is 4.86. The number of imide groups is 1. The van der Waals surface area contributed by atoms with Crippen LogP contribution in [-0.4, -0.2) is 54.8 Å². The summed E-state index contributed by atoms with van der Waals surface area (Å²) in [5.41, 5.74) is 0.200. The number of rotatable bonds is 6. The molecule has 0 radical (unpaired) electrons. The van der Waals surface area contributed by atoms with Crippen LogP contribution >= 0.6 is 11.6 Å². The number of carbonyl (C=O) groups excluding carboxylic acids is 3. The lowest BCUT2D eigenvalue weighted by atomic mass is 10.2. The average molecular weight is 468 g/mol. The van der Waals surface area contributed by atoms with Crippen molar-refractivity contribution in [1.29, 1.82) is 0 Å². The quantitative estimate of drug-likeness (QED) is 0.649. The van der Waals surface area contributed by atoms with E-state index in [-0.39, 0.29) is 21.2 Å². The van der Waals surface area contributed by atoms with Gasteiger partial charge >= 0.3 is 5.97 Å². The number of amides is 2. The van der Waals surface area contributed by atoms with E-state index in [1.807, 2.05) is 0 Å². The van der Waals surface area contributed by atoms with Gasteiger partial charge in [-0.05, 0) is 43.2 Å². The number of esters is 1. The minimum Gasteiger partial charge on any atom is -0.452 e. The number of hydrogen-bond donors (Lipinski definition) is 1. The van der Waals surface area contributed by atoms with Crippen LogP contribution in [0.4, 0.5) is 0 Å². The Bertz CT molecular complexity index is 1110. The first-order valence-electron chi connectivity index (χ1n) is 9.62. The molecule has 0 aliphatic carbocycles. The molecule has 31 heavy (non-hydrogen) atoms. The lowest BCUT2D eigenvalue weighted by Gasteiger charge is -2.26.